The smallest absolute Gasteiger partial charge is 0.314 e. The zero-order valence-electron chi connectivity index (χ0n) is 16.2. The summed E-state index contributed by atoms with van der Waals surface area (Å²) < 4.78 is 2.15. The molecule has 1 amide bonds. The first-order valence-electron chi connectivity index (χ1n) is 9.22. The molecule has 0 fully saturated rings. The monoisotopic (exact) mass is 391 g/mol. The molecule has 0 unspecified atom stereocenters. The van der Waals surface area contributed by atoms with Crippen molar-refractivity contribution in [2.45, 2.75) is 6.54 Å². The van der Waals surface area contributed by atoms with Crippen LogP contribution in [0.3, 0.4) is 0 Å². The van der Waals surface area contributed by atoms with Gasteiger partial charge in [0.15, 0.2) is 0 Å². The van der Waals surface area contributed by atoms with E-state index < -0.39 is 11.1 Å². The lowest BCUT2D eigenvalue weighted by atomic mass is 10.1. The number of nitrogens with one attached hydrogen (secondary N) is 3. The summed E-state index contributed by atoms with van der Waals surface area (Å²) in [5, 5.41) is 4.00. The highest BCUT2D eigenvalue weighted by Crippen LogP contribution is 2.21. The van der Waals surface area contributed by atoms with Crippen LogP contribution in [0.2, 0.25) is 0 Å². The van der Waals surface area contributed by atoms with Crippen LogP contribution >= 0.6 is 0 Å². The average molecular weight is 391 g/mol. The van der Waals surface area contributed by atoms with Gasteiger partial charge < -0.3 is 24.8 Å². The minimum absolute atomic E-state index is 0.301. The number of aromatic nitrogens is 3. The van der Waals surface area contributed by atoms with Gasteiger partial charge in [-0.1, -0.05) is 6.07 Å². The molecular weight excluding hydrogens is 370 g/mol. The molecule has 0 bridgehead atoms. The van der Waals surface area contributed by atoms with Crippen LogP contribution in [0, 0.1) is 0 Å². The van der Waals surface area contributed by atoms with Crippen molar-refractivity contribution in [3.8, 4) is 0 Å². The molecule has 0 saturated heterocycles. The summed E-state index contributed by atoms with van der Waals surface area (Å²) in [5.74, 6) is -0.301. The second-order valence-electron chi connectivity index (χ2n) is 7.21. The number of nitrogens with zero attached hydrogens (tertiary/aromatic N) is 2. The fourth-order valence-electron chi connectivity index (χ4n) is 3.22. The molecule has 0 aliphatic rings. The van der Waals surface area contributed by atoms with Gasteiger partial charge in [-0.05, 0) is 55.9 Å². The number of aromatic amines is 2. The van der Waals surface area contributed by atoms with Gasteiger partial charge >= 0.3 is 11.1 Å². The fourth-order valence-corrected chi connectivity index (χ4v) is 3.22. The maximum Gasteiger partial charge on any atom is 0.314 e. The lowest BCUT2D eigenvalue weighted by Crippen LogP contribution is -2.29. The van der Waals surface area contributed by atoms with Gasteiger partial charge in [-0.25, -0.2) is 0 Å². The molecular formula is C21H21N5O3. The molecule has 8 heteroatoms. The van der Waals surface area contributed by atoms with Crippen molar-refractivity contribution < 1.29 is 4.79 Å². The van der Waals surface area contributed by atoms with Crippen LogP contribution in [-0.2, 0) is 6.54 Å². The molecule has 2 aromatic heterocycles. The minimum atomic E-state index is -0.751. The van der Waals surface area contributed by atoms with Crippen molar-refractivity contribution in [2.24, 2.45) is 0 Å². The van der Waals surface area contributed by atoms with E-state index in [1.807, 2.05) is 38.5 Å². The van der Waals surface area contributed by atoms with Gasteiger partial charge in [0.2, 0.25) is 0 Å². The molecule has 0 atom stereocenters. The summed E-state index contributed by atoms with van der Waals surface area (Å²) in [7, 11) is 4.06. The zero-order valence-corrected chi connectivity index (χ0v) is 16.2. The Morgan fingerprint density at radius 3 is 2.52 bits per heavy atom. The van der Waals surface area contributed by atoms with Crippen molar-refractivity contribution >= 4 is 33.5 Å². The van der Waals surface area contributed by atoms with Gasteiger partial charge in [0.1, 0.15) is 0 Å². The van der Waals surface area contributed by atoms with E-state index in [0.717, 1.165) is 24.0 Å². The van der Waals surface area contributed by atoms with Crippen LogP contribution in [-0.4, -0.2) is 46.0 Å². The molecule has 3 N–H and O–H groups in total. The molecule has 29 heavy (non-hydrogen) atoms. The van der Waals surface area contributed by atoms with Crippen LogP contribution < -0.4 is 16.4 Å². The quantitative estimate of drug-likeness (QED) is 0.453. The molecule has 148 valence electrons. The summed E-state index contributed by atoms with van der Waals surface area (Å²) in [6, 6.07) is 12.6. The Balaban J connectivity index is 1.60. The number of hydrogen-bond acceptors (Lipinski definition) is 4. The van der Waals surface area contributed by atoms with Crippen molar-refractivity contribution in [3.05, 3.63) is 74.9 Å². The summed E-state index contributed by atoms with van der Waals surface area (Å²) in [4.78, 5) is 42.7. The van der Waals surface area contributed by atoms with E-state index in [4.69, 9.17) is 0 Å². The molecule has 2 heterocycles. The number of benzene rings is 2. The molecule has 8 nitrogen and oxygen atoms in total. The first-order valence-corrected chi connectivity index (χ1v) is 9.22. The lowest BCUT2D eigenvalue weighted by molar-refractivity contribution is 0.102. The maximum absolute atomic E-state index is 12.7. The molecule has 0 radical (unpaired) electrons. The Bertz CT molecular complexity index is 1330. The van der Waals surface area contributed by atoms with Crippen molar-refractivity contribution in [3.63, 3.8) is 0 Å². The molecule has 0 aliphatic heterocycles. The zero-order chi connectivity index (χ0) is 20.5. The predicted molar refractivity (Wildman–Crippen MR) is 114 cm³/mol. The van der Waals surface area contributed by atoms with E-state index in [-0.39, 0.29) is 5.91 Å². The van der Waals surface area contributed by atoms with Crippen LogP contribution in [0.25, 0.3) is 21.9 Å². The first kappa shape index (κ1) is 18.7. The van der Waals surface area contributed by atoms with E-state index >= 15 is 0 Å². The summed E-state index contributed by atoms with van der Waals surface area (Å²) in [5.41, 5.74) is 1.50. The Kier molecular flexibility index (Phi) is 4.77. The van der Waals surface area contributed by atoms with E-state index in [0.29, 0.717) is 22.3 Å². The molecule has 0 spiro atoms. The van der Waals surface area contributed by atoms with E-state index in [1.54, 1.807) is 18.2 Å². The van der Waals surface area contributed by atoms with Gasteiger partial charge in [0.25, 0.3) is 5.91 Å². The van der Waals surface area contributed by atoms with Gasteiger partial charge in [-0.2, -0.15) is 0 Å². The second-order valence-corrected chi connectivity index (χ2v) is 7.21. The molecule has 0 aliphatic carbocycles. The number of carbonyl (C=O) groups excluding carboxylic acids is 1. The number of carbonyl (C=O) groups is 1. The Labute approximate surface area is 165 Å². The predicted octanol–water partition coefficient (Wildman–Crippen LogP) is 1.98. The molecule has 2 aromatic carbocycles. The van der Waals surface area contributed by atoms with Crippen molar-refractivity contribution in [1.82, 2.24) is 19.4 Å². The SMILES string of the molecule is CN(C)CCn1ccc2ccc(NC(=O)c3ccc4[nH]c(=O)c(=O)[nH]c4c3)cc21. The third kappa shape index (κ3) is 3.83. The average Bonchev–Trinajstić information content (AvgIpc) is 3.09. The highest BCUT2D eigenvalue weighted by molar-refractivity contribution is 6.06. The normalized spacial score (nSPS) is 11.4. The van der Waals surface area contributed by atoms with Crippen LogP contribution in [0.5, 0.6) is 0 Å². The van der Waals surface area contributed by atoms with E-state index in [2.05, 4.69) is 30.8 Å². The van der Waals surface area contributed by atoms with Crippen molar-refractivity contribution in [1.29, 1.82) is 0 Å². The van der Waals surface area contributed by atoms with Gasteiger partial charge in [-0.15, -0.1) is 0 Å². The number of amides is 1. The van der Waals surface area contributed by atoms with Crippen LogP contribution in [0.1, 0.15) is 10.4 Å². The third-order valence-corrected chi connectivity index (χ3v) is 4.80. The summed E-state index contributed by atoms with van der Waals surface area (Å²) >= 11 is 0. The van der Waals surface area contributed by atoms with Crippen LogP contribution in [0.4, 0.5) is 5.69 Å². The van der Waals surface area contributed by atoms with Gasteiger partial charge in [0.05, 0.1) is 16.6 Å². The molecule has 4 rings (SSSR count). The number of likely N-dealkylation sites (N-methyl/N-ethyl adjacent to an activating group) is 1. The minimum Gasteiger partial charge on any atom is -0.346 e. The van der Waals surface area contributed by atoms with Gasteiger partial charge in [0, 0.05) is 30.5 Å². The maximum atomic E-state index is 12.7. The summed E-state index contributed by atoms with van der Waals surface area (Å²) in [6.07, 6.45) is 2.04. The topological polar surface area (TPSA) is 103 Å². The van der Waals surface area contributed by atoms with Crippen LogP contribution in [0.15, 0.2) is 58.3 Å². The lowest BCUT2D eigenvalue weighted by Gasteiger charge is -2.12. The number of hydrogen-bond donors (Lipinski definition) is 3. The third-order valence-electron chi connectivity index (χ3n) is 4.80. The fraction of sp³-hybridized carbons (Fsp3) is 0.190. The molecule has 0 saturated carbocycles. The highest BCUT2D eigenvalue weighted by Gasteiger charge is 2.10. The number of anilines is 1. The largest absolute Gasteiger partial charge is 0.346 e. The number of fused-ring (bicyclic) bond motifs is 2. The first-order chi connectivity index (χ1) is 13.9. The second kappa shape index (κ2) is 7.40. The van der Waals surface area contributed by atoms with Crippen molar-refractivity contribution in [2.75, 3.05) is 26.0 Å². The number of H-pyrrole nitrogens is 2. The summed E-state index contributed by atoms with van der Waals surface area (Å²) in [6.45, 7) is 1.77. The standard InChI is InChI=1S/C21H21N5O3/c1-25(2)9-10-26-8-7-13-3-5-15(12-18(13)26)22-19(27)14-4-6-16-17(11-14)24-21(29)20(28)23-16/h3-8,11-12H,9-10H2,1-2H3,(H,22,27)(H,23,28)(H,24,29). The van der Waals surface area contributed by atoms with Gasteiger partial charge in [-0.3, -0.25) is 14.4 Å². The highest BCUT2D eigenvalue weighted by atomic mass is 16.2. The molecule has 4 aromatic rings. The van der Waals surface area contributed by atoms with E-state index in [1.165, 1.54) is 0 Å². The number of rotatable bonds is 5. The Morgan fingerprint density at radius 1 is 1.00 bits per heavy atom. The Morgan fingerprint density at radius 2 is 1.76 bits per heavy atom. The van der Waals surface area contributed by atoms with E-state index in [9.17, 15) is 14.4 Å². The Hall–Kier alpha value is -3.65.